The number of benzene rings is 1. The van der Waals surface area contributed by atoms with Crippen LogP contribution in [0.15, 0.2) is 30.6 Å². The van der Waals surface area contributed by atoms with Crippen LogP contribution in [0.2, 0.25) is 0 Å². The monoisotopic (exact) mass is 328 g/mol. The van der Waals surface area contributed by atoms with Crippen molar-refractivity contribution in [2.75, 3.05) is 18.4 Å². The Bertz CT molecular complexity index is 691. The first-order valence-corrected chi connectivity index (χ1v) is 8.31. The molecule has 1 aliphatic heterocycles. The largest absolute Gasteiger partial charge is 0.325 e. The van der Waals surface area contributed by atoms with E-state index in [2.05, 4.69) is 46.5 Å². The molecule has 1 aliphatic rings. The number of nitrogens with one attached hydrogen (secondary N) is 1. The minimum absolute atomic E-state index is 0.0547. The highest BCUT2D eigenvalue weighted by atomic mass is 16.2. The fourth-order valence-corrected chi connectivity index (χ4v) is 3.15. The average molecular weight is 328 g/mol. The van der Waals surface area contributed by atoms with E-state index in [0.717, 1.165) is 37.3 Å². The summed E-state index contributed by atoms with van der Waals surface area (Å²) < 4.78 is 1.57. The Kier molecular flexibility index (Phi) is 4.62. The first kappa shape index (κ1) is 16.6. The third-order valence-electron chi connectivity index (χ3n) is 4.07. The molecule has 7 nitrogen and oxygen atoms in total. The Morgan fingerprint density at radius 1 is 1.38 bits per heavy atom. The predicted molar refractivity (Wildman–Crippen MR) is 91.8 cm³/mol. The molecule has 2 aromatic rings. The van der Waals surface area contributed by atoms with Gasteiger partial charge in [0.15, 0.2) is 0 Å². The Labute approximate surface area is 142 Å². The smallest absolute Gasteiger partial charge is 0.241 e. The number of amides is 1. The summed E-state index contributed by atoms with van der Waals surface area (Å²) in [4.78, 5) is 15.0. The van der Waals surface area contributed by atoms with Gasteiger partial charge in [-0.15, -0.1) is 5.10 Å². The molecule has 1 amide bonds. The van der Waals surface area contributed by atoms with Crippen molar-refractivity contribution >= 4 is 11.6 Å². The van der Waals surface area contributed by atoms with Gasteiger partial charge in [-0.1, -0.05) is 26.8 Å². The molecule has 0 aliphatic carbocycles. The van der Waals surface area contributed by atoms with Gasteiger partial charge in [0.25, 0.3) is 0 Å². The number of hydrogen-bond donors (Lipinski definition) is 1. The number of aromatic nitrogens is 4. The van der Waals surface area contributed by atoms with Crippen molar-refractivity contribution in [3.05, 3.63) is 30.6 Å². The lowest BCUT2D eigenvalue weighted by molar-refractivity contribution is -0.120. The third-order valence-corrected chi connectivity index (χ3v) is 4.07. The molecule has 7 heteroatoms. The van der Waals surface area contributed by atoms with Gasteiger partial charge in [-0.05, 0) is 53.4 Å². The quantitative estimate of drug-likeness (QED) is 0.930. The van der Waals surface area contributed by atoms with E-state index in [9.17, 15) is 4.79 Å². The van der Waals surface area contributed by atoms with Crippen molar-refractivity contribution in [2.24, 2.45) is 5.41 Å². The van der Waals surface area contributed by atoms with Crippen LogP contribution in [0.1, 0.15) is 33.6 Å². The summed E-state index contributed by atoms with van der Waals surface area (Å²) in [7, 11) is 0. The van der Waals surface area contributed by atoms with Gasteiger partial charge in [-0.25, -0.2) is 4.68 Å². The second-order valence-electron chi connectivity index (χ2n) is 7.48. The van der Waals surface area contributed by atoms with Crippen molar-refractivity contribution < 1.29 is 4.79 Å². The molecule has 0 spiro atoms. The number of carbonyl (C=O) groups is 1. The van der Waals surface area contributed by atoms with Gasteiger partial charge in [0.2, 0.25) is 5.91 Å². The summed E-state index contributed by atoms with van der Waals surface area (Å²) in [5, 5.41) is 14.2. The van der Waals surface area contributed by atoms with Crippen molar-refractivity contribution in [1.82, 2.24) is 25.1 Å². The van der Waals surface area contributed by atoms with Crippen molar-refractivity contribution in [2.45, 2.75) is 39.7 Å². The van der Waals surface area contributed by atoms with Crippen molar-refractivity contribution in [1.29, 1.82) is 0 Å². The van der Waals surface area contributed by atoms with Gasteiger partial charge in [0.05, 0.1) is 11.7 Å². The zero-order valence-corrected chi connectivity index (χ0v) is 14.4. The number of tetrazole rings is 1. The maximum atomic E-state index is 12.7. The molecule has 1 atom stereocenters. The maximum absolute atomic E-state index is 12.7. The van der Waals surface area contributed by atoms with Gasteiger partial charge in [-0.3, -0.25) is 9.69 Å². The average Bonchev–Trinajstić information content (AvgIpc) is 3.17. The summed E-state index contributed by atoms with van der Waals surface area (Å²) in [5.41, 5.74) is 1.76. The third kappa shape index (κ3) is 3.97. The van der Waals surface area contributed by atoms with Crippen LogP contribution in [-0.2, 0) is 4.79 Å². The normalized spacial score (nSPS) is 18.7. The highest BCUT2D eigenvalue weighted by Gasteiger charge is 2.32. The lowest BCUT2D eigenvalue weighted by Gasteiger charge is -2.30. The molecule has 0 unspecified atom stereocenters. The molecule has 0 saturated carbocycles. The fourth-order valence-electron chi connectivity index (χ4n) is 3.15. The standard InChI is InChI=1S/C17H24N6O/c1-17(2,3)11-22-9-5-8-15(22)16(24)19-13-6-4-7-14(10-13)23-12-18-20-21-23/h4,6-7,10,12,15H,5,8-9,11H2,1-3H3,(H,19,24)/t15-/m1/s1. The molecule has 0 radical (unpaired) electrons. The first-order chi connectivity index (χ1) is 11.4. The van der Waals surface area contributed by atoms with Crippen LogP contribution in [0.3, 0.4) is 0 Å². The molecule has 1 N–H and O–H groups in total. The second kappa shape index (κ2) is 6.68. The van der Waals surface area contributed by atoms with Gasteiger partial charge < -0.3 is 5.32 Å². The van der Waals surface area contributed by atoms with Crippen LogP contribution >= 0.6 is 0 Å². The fraction of sp³-hybridized carbons (Fsp3) is 0.529. The highest BCUT2D eigenvalue weighted by molar-refractivity contribution is 5.95. The highest BCUT2D eigenvalue weighted by Crippen LogP contribution is 2.25. The number of hydrogen-bond acceptors (Lipinski definition) is 5. The Morgan fingerprint density at radius 3 is 2.92 bits per heavy atom. The van der Waals surface area contributed by atoms with E-state index in [1.807, 2.05) is 24.3 Å². The minimum Gasteiger partial charge on any atom is -0.325 e. The molecule has 24 heavy (non-hydrogen) atoms. The molecular formula is C17H24N6O. The van der Waals surface area contributed by atoms with Crippen LogP contribution in [-0.4, -0.2) is 50.1 Å². The Hall–Kier alpha value is -2.28. The molecule has 1 aromatic heterocycles. The van der Waals surface area contributed by atoms with Crippen LogP contribution in [0.25, 0.3) is 5.69 Å². The van der Waals surface area contributed by atoms with Crippen molar-refractivity contribution in [3.8, 4) is 5.69 Å². The summed E-state index contributed by atoms with van der Waals surface area (Å²) in [5.74, 6) is 0.0608. The van der Waals surface area contributed by atoms with E-state index in [1.165, 1.54) is 6.33 Å². The first-order valence-electron chi connectivity index (χ1n) is 8.31. The minimum atomic E-state index is -0.0547. The van der Waals surface area contributed by atoms with Crippen molar-refractivity contribution in [3.63, 3.8) is 0 Å². The number of carbonyl (C=O) groups excluding carboxylic acids is 1. The lowest BCUT2D eigenvalue weighted by atomic mass is 9.95. The number of anilines is 1. The van der Waals surface area contributed by atoms with Gasteiger partial charge in [0.1, 0.15) is 6.33 Å². The molecule has 3 rings (SSSR count). The van der Waals surface area contributed by atoms with Gasteiger partial charge in [-0.2, -0.15) is 0 Å². The second-order valence-corrected chi connectivity index (χ2v) is 7.48. The van der Waals surface area contributed by atoms with Gasteiger partial charge >= 0.3 is 0 Å². The van der Waals surface area contributed by atoms with Crippen LogP contribution < -0.4 is 5.32 Å². The lowest BCUT2D eigenvalue weighted by Crippen LogP contribution is -2.43. The van der Waals surface area contributed by atoms with Crippen LogP contribution in [0.5, 0.6) is 0 Å². The molecule has 0 bridgehead atoms. The van der Waals surface area contributed by atoms with E-state index < -0.39 is 0 Å². The molecule has 128 valence electrons. The van der Waals surface area contributed by atoms with E-state index in [-0.39, 0.29) is 17.4 Å². The molecule has 1 saturated heterocycles. The number of rotatable bonds is 4. The van der Waals surface area contributed by atoms with Gasteiger partial charge in [0, 0.05) is 12.2 Å². The van der Waals surface area contributed by atoms with E-state index in [1.54, 1.807) is 4.68 Å². The molecular weight excluding hydrogens is 304 g/mol. The van der Waals surface area contributed by atoms with E-state index in [0.29, 0.717) is 0 Å². The predicted octanol–water partition coefficient (Wildman–Crippen LogP) is 2.11. The number of likely N-dealkylation sites (tertiary alicyclic amines) is 1. The van der Waals surface area contributed by atoms with Crippen LogP contribution in [0, 0.1) is 5.41 Å². The zero-order valence-electron chi connectivity index (χ0n) is 14.4. The zero-order chi connectivity index (χ0) is 17.2. The summed E-state index contributed by atoms with van der Waals surface area (Å²) in [6.45, 7) is 8.53. The molecule has 1 aromatic carbocycles. The van der Waals surface area contributed by atoms with E-state index >= 15 is 0 Å². The Morgan fingerprint density at radius 2 is 2.21 bits per heavy atom. The topological polar surface area (TPSA) is 75.9 Å². The number of nitrogens with zero attached hydrogens (tertiary/aromatic N) is 5. The summed E-state index contributed by atoms with van der Waals surface area (Å²) >= 11 is 0. The van der Waals surface area contributed by atoms with Crippen LogP contribution in [0.4, 0.5) is 5.69 Å². The maximum Gasteiger partial charge on any atom is 0.241 e. The molecule has 2 heterocycles. The summed E-state index contributed by atoms with van der Waals surface area (Å²) in [6, 6.07) is 7.48. The molecule has 1 fully saturated rings. The summed E-state index contributed by atoms with van der Waals surface area (Å²) in [6.07, 6.45) is 3.51. The Balaban J connectivity index is 1.69. The van der Waals surface area contributed by atoms with E-state index in [4.69, 9.17) is 0 Å². The SMILES string of the molecule is CC(C)(C)CN1CCC[C@@H]1C(=O)Nc1cccc(-n2cnnn2)c1.